The first-order chi connectivity index (χ1) is 13.2. The number of hydrogen-bond acceptors (Lipinski definition) is 5. The fraction of sp³-hybridized carbons (Fsp3) is 0.381. The van der Waals surface area contributed by atoms with Crippen molar-refractivity contribution in [3.8, 4) is 11.5 Å². The van der Waals surface area contributed by atoms with Gasteiger partial charge in [0.2, 0.25) is 5.91 Å². The van der Waals surface area contributed by atoms with Gasteiger partial charge in [0.15, 0.2) is 11.5 Å². The normalized spacial score (nSPS) is 15.3. The molecule has 2 heterocycles. The van der Waals surface area contributed by atoms with Crippen LogP contribution in [0.4, 0.5) is 0 Å². The zero-order valence-corrected chi connectivity index (χ0v) is 16.7. The molecule has 1 saturated heterocycles. The molecule has 1 aliphatic heterocycles. The highest BCUT2D eigenvalue weighted by atomic mass is 32.1. The lowest BCUT2D eigenvalue weighted by Gasteiger charge is -2.34. The molecule has 0 atom stereocenters. The summed E-state index contributed by atoms with van der Waals surface area (Å²) in [6.07, 6.45) is 3.48. The lowest BCUT2D eigenvalue weighted by molar-refractivity contribution is -0.127. The van der Waals surface area contributed by atoms with Gasteiger partial charge in [-0.2, -0.15) is 0 Å². The minimum atomic E-state index is 0.0551. The minimum absolute atomic E-state index is 0.0551. The molecule has 1 aliphatic rings. The molecular weight excluding hydrogens is 360 g/mol. The van der Waals surface area contributed by atoms with Crippen LogP contribution in [0.15, 0.2) is 41.8 Å². The Morgan fingerprint density at radius 1 is 1.19 bits per heavy atom. The summed E-state index contributed by atoms with van der Waals surface area (Å²) >= 11 is 1.78. The van der Waals surface area contributed by atoms with Crippen LogP contribution in [0.2, 0.25) is 0 Å². The van der Waals surface area contributed by atoms with Crippen LogP contribution in [0.25, 0.3) is 6.08 Å². The van der Waals surface area contributed by atoms with Crippen LogP contribution in [-0.4, -0.2) is 55.6 Å². The van der Waals surface area contributed by atoms with Crippen molar-refractivity contribution in [2.24, 2.45) is 0 Å². The highest BCUT2D eigenvalue weighted by molar-refractivity contribution is 7.09. The minimum Gasteiger partial charge on any atom is -0.493 e. The summed E-state index contributed by atoms with van der Waals surface area (Å²) in [5.74, 6) is 1.44. The number of hydrogen-bond donors (Lipinski definition) is 0. The van der Waals surface area contributed by atoms with E-state index in [1.54, 1.807) is 24.5 Å². The first-order valence-corrected chi connectivity index (χ1v) is 10.1. The van der Waals surface area contributed by atoms with Crippen molar-refractivity contribution in [3.05, 3.63) is 52.2 Å². The predicted molar refractivity (Wildman–Crippen MR) is 109 cm³/mol. The molecule has 0 radical (unpaired) electrons. The van der Waals surface area contributed by atoms with E-state index in [9.17, 15) is 4.79 Å². The number of ether oxygens (including phenoxy) is 2. The van der Waals surface area contributed by atoms with Crippen molar-refractivity contribution >= 4 is 23.3 Å². The Balaban J connectivity index is 1.54. The summed E-state index contributed by atoms with van der Waals surface area (Å²) in [4.78, 5) is 18.2. The van der Waals surface area contributed by atoms with Gasteiger partial charge in [0.25, 0.3) is 0 Å². The second-order valence-corrected chi connectivity index (χ2v) is 7.39. The van der Waals surface area contributed by atoms with Gasteiger partial charge < -0.3 is 14.4 Å². The molecule has 0 bridgehead atoms. The quantitative estimate of drug-likeness (QED) is 0.683. The van der Waals surface area contributed by atoms with E-state index < -0.39 is 0 Å². The van der Waals surface area contributed by atoms with Crippen LogP contribution in [0.5, 0.6) is 11.5 Å². The Morgan fingerprint density at radius 2 is 2.00 bits per heavy atom. The van der Waals surface area contributed by atoms with Crippen LogP contribution in [0, 0.1) is 0 Å². The highest BCUT2D eigenvalue weighted by Crippen LogP contribution is 2.28. The molecule has 2 aromatic rings. The molecule has 27 heavy (non-hydrogen) atoms. The van der Waals surface area contributed by atoms with Gasteiger partial charge >= 0.3 is 0 Å². The maximum atomic E-state index is 12.5. The fourth-order valence-electron chi connectivity index (χ4n) is 3.09. The Labute approximate surface area is 164 Å². The molecule has 1 aromatic heterocycles. The summed E-state index contributed by atoms with van der Waals surface area (Å²) in [6, 6.07) is 9.92. The largest absolute Gasteiger partial charge is 0.493 e. The number of nitrogens with zero attached hydrogens (tertiary/aromatic N) is 2. The van der Waals surface area contributed by atoms with Crippen LogP contribution >= 0.6 is 11.3 Å². The fourth-order valence-corrected chi connectivity index (χ4v) is 3.83. The zero-order valence-electron chi connectivity index (χ0n) is 15.9. The topological polar surface area (TPSA) is 42.0 Å². The average molecular weight is 387 g/mol. The third-order valence-electron chi connectivity index (χ3n) is 4.55. The van der Waals surface area contributed by atoms with Gasteiger partial charge in [0.05, 0.1) is 13.7 Å². The zero-order chi connectivity index (χ0) is 19.1. The third kappa shape index (κ3) is 5.34. The van der Waals surface area contributed by atoms with Crippen LogP contribution in [0.1, 0.15) is 17.4 Å². The van der Waals surface area contributed by atoms with E-state index in [4.69, 9.17) is 9.47 Å². The van der Waals surface area contributed by atoms with Crippen molar-refractivity contribution in [1.29, 1.82) is 0 Å². The van der Waals surface area contributed by atoms with E-state index in [0.29, 0.717) is 18.1 Å². The van der Waals surface area contributed by atoms with Crippen molar-refractivity contribution in [2.45, 2.75) is 13.5 Å². The Kier molecular flexibility index (Phi) is 6.90. The average Bonchev–Trinajstić information content (AvgIpc) is 3.20. The van der Waals surface area contributed by atoms with Crippen molar-refractivity contribution in [2.75, 3.05) is 39.9 Å². The molecule has 0 aliphatic carbocycles. The summed E-state index contributed by atoms with van der Waals surface area (Å²) in [5.41, 5.74) is 0.920. The van der Waals surface area contributed by atoms with E-state index >= 15 is 0 Å². The lowest BCUT2D eigenvalue weighted by atomic mass is 10.2. The van der Waals surface area contributed by atoms with Gasteiger partial charge in [-0.15, -0.1) is 11.3 Å². The Hall–Kier alpha value is -2.31. The highest BCUT2D eigenvalue weighted by Gasteiger charge is 2.19. The maximum Gasteiger partial charge on any atom is 0.246 e. The number of thiophene rings is 1. The summed E-state index contributed by atoms with van der Waals surface area (Å²) in [5, 5.41) is 2.11. The second kappa shape index (κ2) is 9.58. The summed E-state index contributed by atoms with van der Waals surface area (Å²) in [7, 11) is 1.62. The number of carbonyl (C=O) groups is 1. The number of amides is 1. The maximum absolute atomic E-state index is 12.5. The molecule has 0 unspecified atom stereocenters. The van der Waals surface area contributed by atoms with Crippen molar-refractivity contribution in [3.63, 3.8) is 0 Å². The summed E-state index contributed by atoms with van der Waals surface area (Å²) < 4.78 is 10.9. The molecule has 0 spiro atoms. The van der Waals surface area contributed by atoms with E-state index in [2.05, 4.69) is 22.4 Å². The van der Waals surface area contributed by atoms with Gasteiger partial charge in [-0.05, 0) is 42.1 Å². The van der Waals surface area contributed by atoms with Gasteiger partial charge in [0.1, 0.15) is 0 Å². The summed E-state index contributed by atoms with van der Waals surface area (Å²) in [6.45, 7) is 6.83. The molecule has 1 fully saturated rings. The number of piperazine rings is 1. The van der Waals surface area contributed by atoms with Gasteiger partial charge in [0, 0.05) is 43.7 Å². The standard InChI is InChI=1S/C21H26N2O3S/c1-3-26-20-15-17(6-8-19(20)25-2)7-9-21(24)23-12-10-22(11-13-23)16-18-5-4-14-27-18/h4-9,14-15H,3,10-13,16H2,1-2H3/b9-7+. The Bertz CT molecular complexity index is 766. The number of benzene rings is 1. The monoisotopic (exact) mass is 386 g/mol. The molecule has 3 rings (SSSR count). The van der Waals surface area contributed by atoms with Crippen LogP contribution in [-0.2, 0) is 11.3 Å². The Morgan fingerprint density at radius 3 is 2.67 bits per heavy atom. The molecule has 0 N–H and O–H groups in total. The third-order valence-corrected chi connectivity index (χ3v) is 5.41. The van der Waals surface area contributed by atoms with E-state index in [1.807, 2.05) is 36.1 Å². The lowest BCUT2D eigenvalue weighted by Crippen LogP contribution is -2.47. The molecule has 5 nitrogen and oxygen atoms in total. The molecule has 144 valence electrons. The van der Waals surface area contributed by atoms with Crippen molar-refractivity contribution < 1.29 is 14.3 Å². The van der Waals surface area contributed by atoms with E-state index in [1.165, 1.54) is 4.88 Å². The molecular formula is C21H26N2O3S. The first kappa shape index (κ1) is 19.5. The molecule has 6 heteroatoms. The van der Waals surface area contributed by atoms with Gasteiger partial charge in [-0.3, -0.25) is 9.69 Å². The molecule has 0 saturated carbocycles. The molecule has 1 amide bonds. The van der Waals surface area contributed by atoms with Crippen LogP contribution < -0.4 is 9.47 Å². The van der Waals surface area contributed by atoms with Gasteiger partial charge in [-0.1, -0.05) is 12.1 Å². The van der Waals surface area contributed by atoms with Crippen molar-refractivity contribution in [1.82, 2.24) is 9.80 Å². The first-order valence-electron chi connectivity index (χ1n) is 9.22. The van der Waals surface area contributed by atoms with Gasteiger partial charge in [-0.25, -0.2) is 0 Å². The SMILES string of the molecule is CCOc1cc(/C=C/C(=O)N2CCN(Cc3cccs3)CC2)ccc1OC. The van der Waals surface area contributed by atoms with Crippen LogP contribution in [0.3, 0.4) is 0 Å². The number of carbonyl (C=O) groups excluding carboxylic acids is 1. The number of rotatable bonds is 7. The molecule has 1 aromatic carbocycles. The number of methoxy groups -OCH3 is 1. The second-order valence-electron chi connectivity index (χ2n) is 6.36. The van der Waals surface area contributed by atoms with E-state index in [-0.39, 0.29) is 5.91 Å². The smallest absolute Gasteiger partial charge is 0.246 e. The predicted octanol–water partition coefficient (Wildman–Crippen LogP) is 3.51. The van der Waals surface area contributed by atoms with E-state index in [0.717, 1.165) is 38.3 Å².